The number of nitrogens with zero attached hydrogens (tertiary/aromatic N) is 2. The van der Waals surface area contributed by atoms with Gasteiger partial charge < -0.3 is 5.32 Å². The molecular weight excluding hydrogens is 405 g/mol. The third kappa shape index (κ3) is 4.50. The Kier molecular flexibility index (Phi) is 6.19. The van der Waals surface area contributed by atoms with E-state index >= 15 is 0 Å². The number of sulfonamides is 1. The van der Waals surface area contributed by atoms with Gasteiger partial charge in [0.2, 0.25) is 15.9 Å². The summed E-state index contributed by atoms with van der Waals surface area (Å²) in [6, 6.07) is 9.63. The van der Waals surface area contributed by atoms with Gasteiger partial charge in [0.25, 0.3) is 5.69 Å². The smallest absolute Gasteiger partial charge is 0.290 e. The topological polar surface area (TPSA) is 110 Å². The molecule has 0 aliphatic rings. The van der Waals surface area contributed by atoms with Crippen LogP contribution in [0.3, 0.4) is 0 Å². The Morgan fingerprint density at radius 3 is 2.50 bits per heavy atom. The molecule has 2 aromatic rings. The molecule has 26 heavy (non-hydrogen) atoms. The number of amides is 1. The van der Waals surface area contributed by atoms with E-state index in [1.807, 2.05) is 0 Å². The number of likely N-dealkylation sites (N-methyl/N-ethyl adjacent to an activating group) is 1. The van der Waals surface area contributed by atoms with Gasteiger partial charge in [-0.05, 0) is 24.3 Å². The molecule has 0 saturated heterocycles. The SMILES string of the molecule is CN(CC(=O)Nc1ccccc1Cl)S(=O)(=O)c1ccc(Cl)cc1[N+](=O)[O-]. The van der Waals surface area contributed by atoms with Gasteiger partial charge in [0.05, 0.1) is 22.2 Å². The van der Waals surface area contributed by atoms with Crippen molar-refractivity contribution in [2.75, 3.05) is 18.9 Å². The first kappa shape index (κ1) is 20.1. The van der Waals surface area contributed by atoms with Crippen LogP contribution in [0.2, 0.25) is 10.0 Å². The second-order valence-corrected chi connectivity index (χ2v) is 8.02. The van der Waals surface area contributed by atoms with Crippen LogP contribution in [-0.4, -0.2) is 37.1 Å². The van der Waals surface area contributed by atoms with Crippen LogP contribution in [0.15, 0.2) is 47.4 Å². The lowest BCUT2D eigenvalue weighted by atomic mass is 10.3. The van der Waals surface area contributed by atoms with Gasteiger partial charge in [0.1, 0.15) is 0 Å². The van der Waals surface area contributed by atoms with E-state index in [2.05, 4.69) is 5.32 Å². The minimum atomic E-state index is -4.29. The van der Waals surface area contributed by atoms with E-state index in [0.717, 1.165) is 19.2 Å². The first-order chi connectivity index (χ1) is 12.1. The fourth-order valence-corrected chi connectivity index (χ4v) is 3.67. The maximum Gasteiger partial charge on any atom is 0.290 e. The molecule has 2 aromatic carbocycles. The highest BCUT2D eigenvalue weighted by molar-refractivity contribution is 7.89. The summed E-state index contributed by atoms with van der Waals surface area (Å²) < 4.78 is 25.9. The van der Waals surface area contributed by atoms with E-state index in [4.69, 9.17) is 23.2 Å². The van der Waals surface area contributed by atoms with Crippen LogP contribution in [0.4, 0.5) is 11.4 Å². The molecule has 0 spiro atoms. The van der Waals surface area contributed by atoms with Gasteiger partial charge in [-0.1, -0.05) is 35.3 Å². The van der Waals surface area contributed by atoms with Gasteiger partial charge in [-0.2, -0.15) is 4.31 Å². The molecule has 2 rings (SSSR count). The maximum atomic E-state index is 12.6. The highest BCUT2D eigenvalue weighted by atomic mass is 35.5. The van der Waals surface area contributed by atoms with E-state index in [9.17, 15) is 23.3 Å². The number of hydrogen-bond donors (Lipinski definition) is 1. The van der Waals surface area contributed by atoms with Crippen molar-refractivity contribution in [1.29, 1.82) is 0 Å². The molecule has 0 aromatic heterocycles. The van der Waals surface area contributed by atoms with E-state index in [1.54, 1.807) is 24.3 Å². The lowest BCUT2D eigenvalue weighted by Gasteiger charge is -2.17. The molecule has 0 fully saturated rings. The number of benzene rings is 2. The normalized spacial score (nSPS) is 11.4. The lowest BCUT2D eigenvalue weighted by Crippen LogP contribution is -2.35. The van der Waals surface area contributed by atoms with E-state index < -0.39 is 38.0 Å². The van der Waals surface area contributed by atoms with Gasteiger partial charge in [0, 0.05) is 18.1 Å². The van der Waals surface area contributed by atoms with Crippen LogP contribution in [0.25, 0.3) is 0 Å². The third-order valence-electron chi connectivity index (χ3n) is 3.32. The Morgan fingerprint density at radius 2 is 1.88 bits per heavy atom. The molecule has 1 amide bonds. The van der Waals surface area contributed by atoms with Crippen LogP contribution in [-0.2, 0) is 14.8 Å². The second kappa shape index (κ2) is 8.00. The number of anilines is 1. The zero-order chi connectivity index (χ0) is 19.5. The molecule has 1 N–H and O–H groups in total. The molecule has 0 unspecified atom stereocenters. The second-order valence-electron chi connectivity index (χ2n) is 5.16. The Bertz CT molecular complexity index is 966. The molecule has 0 bridgehead atoms. The first-order valence-corrected chi connectivity index (χ1v) is 9.27. The molecular formula is C15H13Cl2N3O5S. The van der Waals surface area contributed by atoms with Gasteiger partial charge >= 0.3 is 0 Å². The Hall–Kier alpha value is -2.20. The summed E-state index contributed by atoms with van der Waals surface area (Å²) in [5.74, 6) is -0.652. The Labute approximate surface area is 159 Å². The summed E-state index contributed by atoms with van der Waals surface area (Å²) in [6.07, 6.45) is 0. The van der Waals surface area contributed by atoms with Crippen molar-refractivity contribution >= 4 is 50.5 Å². The summed E-state index contributed by atoms with van der Waals surface area (Å²) in [6.45, 7) is -0.562. The molecule has 0 heterocycles. The van der Waals surface area contributed by atoms with Crippen molar-refractivity contribution in [3.05, 3.63) is 62.6 Å². The number of para-hydroxylation sites is 1. The number of carbonyl (C=O) groups excluding carboxylic acids is 1. The van der Waals surface area contributed by atoms with Gasteiger partial charge in [-0.15, -0.1) is 0 Å². The fraction of sp³-hybridized carbons (Fsp3) is 0.133. The fourth-order valence-electron chi connectivity index (χ4n) is 2.06. The molecule has 0 radical (unpaired) electrons. The quantitative estimate of drug-likeness (QED) is 0.573. The Morgan fingerprint density at radius 1 is 1.23 bits per heavy atom. The summed E-state index contributed by atoms with van der Waals surface area (Å²) in [4.78, 5) is 21.8. The van der Waals surface area contributed by atoms with Crippen molar-refractivity contribution in [3.63, 3.8) is 0 Å². The molecule has 0 atom stereocenters. The predicted molar refractivity (Wildman–Crippen MR) is 98.0 cm³/mol. The average molecular weight is 418 g/mol. The van der Waals surface area contributed by atoms with Crippen LogP contribution < -0.4 is 5.32 Å². The number of rotatable bonds is 6. The minimum Gasteiger partial charge on any atom is -0.324 e. The monoisotopic (exact) mass is 417 g/mol. The molecule has 11 heteroatoms. The van der Waals surface area contributed by atoms with Crippen LogP contribution in [0, 0.1) is 10.1 Å². The lowest BCUT2D eigenvalue weighted by molar-refractivity contribution is -0.387. The van der Waals surface area contributed by atoms with Crippen molar-refractivity contribution in [2.24, 2.45) is 0 Å². The first-order valence-electron chi connectivity index (χ1n) is 7.07. The van der Waals surface area contributed by atoms with Crippen LogP contribution in [0.5, 0.6) is 0 Å². The average Bonchev–Trinajstić information content (AvgIpc) is 2.56. The zero-order valence-electron chi connectivity index (χ0n) is 13.3. The predicted octanol–water partition coefficient (Wildman–Crippen LogP) is 3.16. The summed E-state index contributed by atoms with van der Waals surface area (Å²) in [7, 11) is -3.15. The Balaban J connectivity index is 2.23. The molecule has 8 nitrogen and oxygen atoms in total. The number of nitrogens with one attached hydrogen (secondary N) is 1. The van der Waals surface area contributed by atoms with Crippen molar-refractivity contribution < 1.29 is 18.1 Å². The third-order valence-corrected chi connectivity index (χ3v) is 5.74. The van der Waals surface area contributed by atoms with Crippen LogP contribution >= 0.6 is 23.2 Å². The number of nitro benzene ring substituents is 1. The summed E-state index contributed by atoms with van der Waals surface area (Å²) in [5, 5.41) is 13.9. The molecule has 0 aliphatic carbocycles. The zero-order valence-corrected chi connectivity index (χ0v) is 15.7. The summed E-state index contributed by atoms with van der Waals surface area (Å²) >= 11 is 11.6. The van der Waals surface area contributed by atoms with E-state index in [0.29, 0.717) is 15.0 Å². The number of carbonyl (C=O) groups is 1. The number of halogens is 2. The molecule has 0 saturated carbocycles. The molecule has 0 aliphatic heterocycles. The van der Waals surface area contributed by atoms with E-state index in [1.165, 1.54) is 6.07 Å². The van der Waals surface area contributed by atoms with Gasteiger partial charge in [-0.3, -0.25) is 14.9 Å². The minimum absolute atomic E-state index is 0.0229. The van der Waals surface area contributed by atoms with Gasteiger partial charge in [0.15, 0.2) is 4.90 Å². The van der Waals surface area contributed by atoms with Crippen molar-refractivity contribution in [1.82, 2.24) is 4.31 Å². The number of nitro groups is 1. The van der Waals surface area contributed by atoms with E-state index in [-0.39, 0.29) is 5.02 Å². The standard InChI is InChI=1S/C15H13Cl2N3O5S/c1-19(9-15(21)18-12-5-3-2-4-11(12)17)26(24,25)14-7-6-10(16)8-13(14)20(22)23/h2-8H,9H2,1H3,(H,18,21). The summed E-state index contributed by atoms with van der Waals surface area (Å²) in [5.41, 5.74) is -0.349. The largest absolute Gasteiger partial charge is 0.324 e. The highest BCUT2D eigenvalue weighted by Crippen LogP contribution is 2.29. The highest BCUT2D eigenvalue weighted by Gasteiger charge is 2.30. The molecule has 138 valence electrons. The van der Waals surface area contributed by atoms with Gasteiger partial charge in [-0.25, -0.2) is 8.42 Å². The van der Waals surface area contributed by atoms with Crippen LogP contribution in [0.1, 0.15) is 0 Å². The van der Waals surface area contributed by atoms with Crippen molar-refractivity contribution in [2.45, 2.75) is 4.90 Å². The van der Waals surface area contributed by atoms with Crippen molar-refractivity contribution in [3.8, 4) is 0 Å². The number of hydrogen-bond acceptors (Lipinski definition) is 5. The maximum absolute atomic E-state index is 12.6.